The summed E-state index contributed by atoms with van der Waals surface area (Å²) in [6.45, 7) is 6.47. The molecule has 0 aromatic heterocycles. The van der Waals surface area contributed by atoms with Gasteiger partial charge >= 0.3 is 0 Å². The highest BCUT2D eigenvalue weighted by Gasteiger charge is 2.30. The Kier molecular flexibility index (Phi) is 3.13. The van der Waals surface area contributed by atoms with Crippen LogP contribution in [0.2, 0.25) is 0 Å². The summed E-state index contributed by atoms with van der Waals surface area (Å²) < 4.78 is 0. The van der Waals surface area contributed by atoms with Crippen molar-refractivity contribution >= 4 is 11.8 Å². The number of hydrogen-bond acceptors (Lipinski definition) is 2. The van der Waals surface area contributed by atoms with Crippen LogP contribution in [0.1, 0.15) is 33.6 Å². The first kappa shape index (κ1) is 11.0. The number of amides is 2. The Labute approximate surface area is 84.4 Å². The fraction of sp³-hybridized carbons (Fsp3) is 0.800. The van der Waals surface area contributed by atoms with Crippen molar-refractivity contribution in [2.75, 3.05) is 6.54 Å². The zero-order chi connectivity index (χ0) is 10.8. The number of nitrogens with one attached hydrogen (secondary N) is 2. The van der Waals surface area contributed by atoms with Crippen LogP contribution in [0.5, 0.6) is 0 Å². The van der Waals surface area contributed by atoms with Gasteiger partial charge in [-0.1, -0.05) is 6.92 Å². The number of carbonyl (C=O) groups excluding carboxylic acids is 2. The van der Waals surface area contributed by atoms with E-state index in [9.17, 15) is 9.59 Å². The van der Waals surface area contributed by atoms with Gasteiger partial charge in [0.2, 0.25) is 11.8 Å². The van der Waals surface area contributed by atoms with Crippen molar-refractivity contribution < 1.29 is 9.59 Å². The van der Waals surface area contributed by atoms with Crippen LogP contribution in [0.25, 0.3) is 0 Å². The van der Waals surface area contributed by atoms with E-state index in [1.165, 1.54) is 0 Å². The fourth-order valence-electron chi connectivity index (χ4n) is 1.31. The van der Waals surface area contributed by atoms with Crippen molar-refractivity contribution in [3.8, 4) is 0 Å². The third-order valence-electron chi connectivity index (χ3n) is 2.69. The van der Waals surface area contributed by atoms with Gasteiger partial charge in [0.25, 0.3) is 0 Å². The van der Waals surface area contributed by atoms with Gasteiger partial charge in [0.15, 0.2) is 0 Å². The van der Waals surface area contributed by atoms with Crippen LogP contribution in [-0.2, 0) is 9.59 Å². The van der Waals surface area contributed by atoms with E-state index in [0.717, 1.165) is 6.42 Å². The Morgan fingerprint density at radius 3 is 2.71 bits per heavy atom. The lowest BCUT2D eigenvalue weighted by atomic mass is 9.99. The van der Waals surface area contributed by atoms with Crippen LogP contribution < -0.4 is 10.6 Å². The topological polar surface area (TPSA) is 58.2 Å². The van der Waals surface area contributed by atoms with Gasteiger partial charge in [-0.15, -0.1) is 0 Å². The highest BCUT2D eigenvalue weighted by Crippen LogP contribution is 2.13. The van der Waals surface area contributed by atoms with E-state index in [1.54, 1.807) is 0 Å². The van der Waals surface area contributed by atoms with Crippen LogP contribution in [0.3, 0.4) is 0 Å². The van der Waals surface area contributed by atoms with Crippen molar-refractivity contribution in [1.82, 2.24) is 10.6 Å². The molecule has 0 aliphatic carbocycles. The molecule has 1 saturated heterocycles. The molecule has 0 aromatic rings. The van der Waals surface area contributed by atoms with Gasteiger partial charge in [0.05, 0.1) is 5.92 Å². The highest BCUT2D eigenvalue weighted by atomic mass is 16.2. The van der Waals surface area contributed by atoms with Gasteiger partial charge in [-0.2, -0.15) is 0 Å². The minimum atomic E-state index is -0.187. The maximum Gasteiger partial charge on any atom is 0.225 e. The maximum absolute atomic E-state index is 11.7. The molecule has 0 bridgehead atoms. The number of hydrogen-bond donors (Lipinski definition) is 2. The summed E-state index contributed by atoms with van der Waals surface area (Å²) in [7, 11) is 0. The quantitative estimate of drug-likeness (QED) is 0.690. The molecule has 0 radical (unpaired) electrons. The van der Waals surface area contributed by atoms with Crippen LogP contribution in [-0.4, -0.2) is 23.9 Å². The van der Waals surface area contributed by atoms with Gasteiger partial charge in [0.1, 0.15) is 0 Å². The zero-order valence-electron chi connectivity index (χ0n) is 9.02. The van der Waals surface area contributed by atoms with Crippen LogP contribution in [0, 0.1) is 5.92 Å². The lowest BCUT2D eigenvalue weighted by Crippen LogP contribution is -2.46. The van der Waals surface area contributed by atoms with Gasteiger partial charge in [0, 0.05) is 18.5 Å². The van der Waals surface area contributed by atoms with Gasteiger partial charge in [-0.3, -0.25) is 9.59 Å². The van der Waals surface area contributed by atoms with E-state index < -0.39 is 0 Å². The minimum absolute atomic E-state index is 0.0183. The molecule has 1 aliphatic rings. The lowest BCUT2D eigenvalue weighted by molar-refractivity contribution is -0.127. The van der Waals surface area contributed by atoms with E-state index in [2.05, 4.69) is 10.6 Å². The predicted octanol–water partition coefficient (Wildman–Crippen LogP) is 0.427. The third-order valence-corrected chi connectivity index (χ3v) is 2.69. The van der Waals surface area contributed by atoms with E-state index in [0.29, 0.717) is 13.0 Å². The fourth-order valence-corrected chi connectivity index (χ4v) is 1.31. The SMILES string of the molecule is CCC(C)(C)NC(=O)C1CNC(=O)C1. The molecule has 0 aromatic carbocycles. The Morgan fingerprint density at radius 1 is 1.64 bits per heavy atom. The molecule has 1 heterocycles. The molecule has 4 heteroatoms. The smallest absolute Gasteiger partial charge is 0.225 e. The normalized spacial score (nSPS) is 21.9. The Morgan fingerprint density at radius 2 is 2.29 bits per heavy atom. The number of rotatable bonds is 3. The molecule has 2 amide bonds. The van der Waals surface area contributed by atoms with Crippen molar-refractivity contribution in [3.05, 3.63) is 0 Å². The molecule has 1 rings (SSSR count). The van der Waals surface area contributed by atoms with E-state index in [4.69, 9.17) is 0 Å². The predicted molar refractivity (Wildman–Crippen MR) is 53.6 cm³/mol. The standard InChI is InChI=1S/C10H18N2O2/c1-4-10(2,3)12-9(14)7-5-8(13)11-6-7/h7H,4-6H2,1-3H3,(H,11,13)(H,12,14). The molecule has 4 nitrogen and oxygen atoms in total. The summed E-state index contributed by atoms with van der Waals surface area (Å²) in [6.07, 6.45) is 1.21. The van der Waals surface area contributed by atoms with E-state index in [1.807, 2.05) is 20.8 Å². The van der Waals surface area contributed by atoms with Crippen molar-refractivity contribution in [2.45, 2.75) is 39.2 Å². The summed E-state index contributed by atoms with van der Waals surface area (Å²) in [5.74, 6) is -0.233. The summed E-state index contributed by atoms with van der Waals surface area (Å²) >= 11 is 0. The van der Waals surface area contributed by atoms with Crippen LogP contribution >= 0.6 is 0 Å². The largest absolute Gasteiger partial charge is 0.355 e. The first-order valence-corrected chi connectivity index (χ1v) is 5.03. The molecule has 14 heavy (non-hydrogen) atoms. The molecule has 80 valence electrons. The van der Waals surface area contributed by atoms with Crippen LogP contribution in [0.15, 0.2) is 0 Å². The zero-order valence-corrected chi connectivity index (χ0v) is 9.02. The number of carbonyl (C=O) groups is 2. The van der Waals surface area contributed by atoms with Crippen molar-refractivity contribution in [1.29, 1.82) is 0 Å². The van der Waals surface area contributed by atoms with Crippen molar-refractivity contribution in [3.63, 3.8) is 0 Å². The average Bonchev–Trinajstić information content (AvgIpc) is 2.51. The summed E-state index contributed by atoms with van der Waals surface area (Å²) in [5, 5.41) is 5.59. The molecule has 1 unspecified atom stereocenters. The Hall–Kier alpha value is -1.06. The second-order valence-electron chi connectivity index (χ2n) is 4.43. The van der Waals surface area contributed by atoms with Crippen LogP contribution in [0.4, 0.5) is 0 Å². The molecular weight excluding hydrogens is 180 g/mol. The summed E-state index contributed by atoms with van der Waals surface area (Å²) in [5.41, 5.74) is -0.178. The van der Waals surface area contributed by atoms with Crippen molar-refractivity contribution in [2.24, 2.45) is 5.92 Å². The van der Waals surface area contributed by atoms with Gasteiger partial charge < -0.3 is 10.6 Å². The lowest BCUT2D eigenvalue weighted by Gasteiger charge is -2.25. The second-order valence-corrected chi connectivity index (χ2v) is 4.43. The van der Waals surface area contributed by atoms with E-state index in [-0.39, 0.29) is 23.3 Å². The Balaban J connectivity index is 2.46. The maximum atomic E-state index is 11.7. The minimum Gasteiger partial charge on any atom is -0.355 e. The highest BCUT2D eigenvalue weighted by molar-refractivity contribution is 5.89. The Bertz CT molecular complexity index is 249. The molecule has 2 N–H and O–H groups in total. The van der Waals surface area contributed by atoms with Gasteiger partial charge in [-0.05, 0) is 20.3 Å². The molecule has 1 atom stereocenters. The monoisotopic (exact) mass is 198 g/mol. The average molecular weight is 198 g/mol. The molecule has 1 fully saturated rings. The summed E-state index contributed by atoms with van der Waals surface area (Å²) in [6, 6.07) is 0. The first-order chi connectivity index (χ1) is 6.44. The summed E-state index contributed by atoms with van der Waals surface area (Å²) in [4.78, 5) is 22.6. The molecule has 1 aliphatic heterocycles. The molecule has 0 spiro atoms. The first-order valence-electron chi connectivity index (χ1n) is 5.03. The second kappa shape index (κ2) is 3.98. The van der Waals surface area contributed by atoms with Gasteiger partial charge in [-0.25, -0.2) is 0 Å². The molecule has 0 saturated carbocycles. The third kappa shape index (κ3) is 2.72. The molecular formula is C10H18N2O2. The van der Waals surface area contributed by atoms with E-state index >= 15 is 0 Å².